The van der Waals surface area contributed by atoms with Crippen LogP contribution < -0.4 is 5.32 Å². The molecule has 0 radical (unpaired) electrons. The summed E-state index contributed by atoms with van der Waals surface area (Å²) in [6, 6.07) is 8.77. The van der Waals surface area contributed by atoms with Gasteiger partial charge < -0.3 is 9.84 Å². The minimum atomic E-state index is 0.586. The number of nitrogens with zero attached hydrogens (tertiary/aromatic N) is 2. The highest BCUT2D eigenvalue weighted by Crippen LogP contribution is 2.37. The summed E-state index contributed by atoms with van der Waals surface area (Å²) in [5.74, 6) is 2.04. The van der Waals surface area contributed by atoms with Crippen LogP contribution in [-0.4, -0.2) is 22.7 Å². The largest absolute Gasteiger partial charge is 0.339 e. The smallest absolute Gasteiger partial charge is 0.227 e. The van der Waals surface area contributed by atoms with Crippen molar-refractivity contribution in [1.82, 2.24) is 15.5 Å². The van der Waals surface area contributed by atoms with Gasteiger partial charge >= 0.3 is 0 Å². The molecule has 1 aromatic heterocycles. The van der Waals surface area contributed by atoms with Crippen molar-refractivity contribution in [1.29, 1.82) is 0 Å². The van der Waals surface area contributed by atoms with Gasteiger partial charge in [-0.3, -0.25) is 0 Å². The van der Waals surface area contributed by atoms with E-state index >= 15 is 0 Å². The van der Waals surface area contributed by atoms with Crippen molar-refractivity contribution >= 4 is 11.6 Å². The van der Waals surface area contributed by atoms with Crippen molar-refractivity contribution in [2.75, 3.05) is 6.54 Å². The lowest BCUT2D eigenvalue weighted by Gasteiger charge is -2.36. The van der Waals surface area contributed by atoms with Crippen LogP contribution in [0.3, 0.4) is 0 Å². The van der Waals surface area contributed by atoms with Crippen molar-refractivity contribution in [3.8, 4) is 0 Å². The molecule has 1 saturated carbocycles. The van der Waals surface area contributed by atoms with Crippen LogP contribution in [0.4, 0.5) is 0 Å². The minimum Gasteiger partial charge on any atom is -0.339 e. The Hall–Kier alpha value is -1.39. The molecule has 1 aliphatic rings. The number of aromatic nitrogens is 2. The molecule has 1 N–H and O–H groups in total. The summed E-state index contributed by atoms with van der Waals surface area (Å²) < 4.78 is 5.09. The van der Waals surface area contributed by atoms with Crippen molar-refractivity contribution in [2.24, 2.45) is 0 Å². The third-order valence-corrected chi connectivity index (χ3v) is 4.03. The Balaban J connectivity index is 1.40. The highest BCUT2D eigenvalue weighted by molar-refractivity contribution is 6.30. The molecule has 0 spiro atoms. The Morgan fingerprint density at radius 1 is 1.40 bits per heavy atom. The number of halogens is 1. The number of rotatable bonds is 5. The second kappa shape index (κ2) is 5.94. The molecule has 1 aliphatic carbocycles. The van der Waals surface area contributed by atoms with Gasteiger partial charge in [0, 0.05) is 24.0 Å². The Kier molecular flexibility index (Phi) is 4.03. The van der Waals surface area contributed by atoms with E-state index in [-0.39, 0.29) is 0 Å². The van der Waals surface area contributed by atoms with E-state index in [0.29, 0.717) is 23.7 Å². The fourth-order valence-electron chi connectivity index (χ4n) is 2.64. The van der Waals surface area contributed by atoms with E-state index < -0.39 is 0 Å². The topological polar surface area (TPSA) is 51.0 Å². The number of hydrogen-bond acceptors (Lipinski definition) is 4. The minimum absolute atomic E-state index is 0.586. The molecule has 0 saturated heterocycles. The second-order valence-electron chi connectivity index (χ2n) is 5.36. The van der Waals surface area contributed by atoms with Crippen LogP contribution in [0.5, 0.6) is 0 Å². The van der Waals surface area contributed by atoms with Gasteiger partial charge in [-0.15, -0.1) is 0 Å². The van der Waals surface area contributed by atoms with Gasteiger partial charge in [-0.1, -0.05) is 28.9 Å². The van der Waals surface area contributed by atoms with Gasteiger partial charge in [-0.2, -0.15) is 4.98 Å². The molecule has 0 atom stereocenters. The molecule has 1 fully saturated rings. The van der Waals surface area contributed by atoms with Crippen LogP contribution in [0.1, 0.15) is 36.0 Å². The zero-order valence-electron chi connectivity index (χ0n) is 11.5. The first-order valence-electron chi connectivity index (χ1n) is 6.99. The van der Waals surface area contributed by atoms with Crippen LogP contribution in [0.25, 0.3) is 0 Å². The van der Waals surface area contributed by atoms with E-state index in [9.17, 15) is 0 Å². The maximum Gasteiger partial charge on any atom is 0.227 e. The number of benzene rings is 1. The molecule has 0 amide bonds. The molecule has 0 aliphatic heterocycles. The number of hydrogen-bond donors (Lipinski definition) is 1. The number of nitrogens with one attached hydrogen (secondary N) is 1. The summed E-state index contributed by atoms with van der Waals surface area (Å²) in [5, 5.41) is 8.14. The molecule has 20 heavy (non-hydrogen) atoms. The first-order valence-corrected chi connectivity index (χ1v) is 7.36. The van der Waals surface area contributed by atoms with Crippen molar-refractivity contribution < 1.29 is 4.52 Å². The van der Waals surface area contributed by atoms with Crippen molar-refractivity contribution in [3.63, 3.8) is 0 Å². The SMILES string of the molecule is Cc1noc(CCNC2CC(c3cccc(Cl)c3)C2)n1. The Morgan fingerprint density at radius 3 is 2.95 bits per heavy atom. The molecule has 1 heterocycles. The highest BCUT2D eigenvalue weighted by atomic mass is 35.5. The molecule has 0 bridgehead atoms. The summed E-state index contributed by atoms with van der Waals surface area (Å²) in [6.45, 7) is 2.72. The molecule has 106 valence electrons. The third kappa shape index (κ3) is 3.19. The van der Waals surface area contributed by atoms with Crippen molar-refractivity contribution in [3.05, 3.63) is 46.6 Å². The van der Waals surface area contributed by atoms with E-state index in [2.05, 4.69) is 27.6 Å². The van der Waals surface area contributed by atoms with Crippen molar-refractivity contribution in [2.45, 2.75) is 38.1 Å². The summed E-state index contributed by atoms with van der Waals surface area (Å²) in [7, 11) is 0. The van der Waals surface area contributed by atoms with Gasteiger partial charge in [0.25, 0.3) is 0 Å². The average Bonchev–Trinajstić information content (AvgIpc) is 2.78. The predicted molar refractivity (Wildman–Crippen MR) is 78.0 cm³/mol. The van der Waals surface area contributed by atoms with Crippen LogP contribution in [0, 0.1) is 6.92 Å². The first-order chi connectivity index (χ1) is 9.70. The van der Waals surface area contributed by atoms with Gasteiger partial charge in [0.05, 0.1) is 0 Å². The standard InChI is InChI=1S/C15H18ClN3O/c1-10-18-15(20-19-10)5-6-17-14-8-12(9-14)11-3-2-4-13(16)7-11/h2-4,7,12,14,17H,5-6,8-9H2,1H3. The van der Waals surface area contributed by atoms with E-state index in [4.69, 9.17) is 16.1 Å². The van der Waals surface area contributed by atoms with Gasteiger partial charge in [0.15, 0.2) is 5.82 Å². The zero-order valence-corrected chi connectivity index (χ0v) is 12.2. The average molecular weight is 292 g/mol. The van der Waals surface area contributed by atoms with Gasteiger partial charge in [0.1, 0.15) is 0 Å². The van der Waals surface area contributed by atoms with Gasteiger partial charge in [0.2, 0.25) is 5.89 Å². The zero-order chi connectivity index (χ0) is 13.9. The summed E-state index contributed by atoms with van der Waals surface area (Å²) >= 11 is 6.02. The summed E-state index contributed by atoms with van der Waals surface area (Å²) in [5.41, 5.74) is 1.35. The fourth-order valence-corrected chi connectivity index (χ4v) is 2.84. The summed E-state index contributed by atoms with van der Waals surface area (Å²) in [4.78, 5) is 4.19. The maximum atomic E-state index is 6.02. The number of aryl methyl sites for hydroxylation is 1. The first kappa shape index (κ1) is 13.6. The lowest BCUT2D eigenvalue weighted by molar-refractivity contribution is 0.287. The molecule has 4 nitrogen and oxygen atoms in total. The van der Waals surface area contributed by atoms with Crippen LogP contribution in [-0.2, 0) is 6.42 Å². The Morgan fingerprint density at radius 2 is 2.25 bits per heavy atom. The molecular formula is C15H18ClN3O. The molecular weight excluding hydrogens is 274 g/mol. The third-order valence-electron chi connectivity index (χ3n) is 3.80. The normalized spacial score (nSPS) is 21.7. The predicted octanol–water partition coefficient (Wildman–Crippen LogP) is 3.11. The Labute approximate surface area is 123 Å². The van der Waals surface area contributed by atoms with Crippen LogP contribution in [0.15, 0.2) is 28.8 Å². The monoisotopic (exact) mass is 291 g/mol. The molecule has 3 rings (SSSR count). The highest BCUT2D eigenvalue weighted by Gasteiger charge is 2.29. The van der Waals surface area contributed by atoms with Crippen LogP contribution >= 0.6 is 11.6 Å². The second-order valence-corrected chi connectivity index (χ2v) is 5.80. The molecule has 0 unspecified atom stereocenters. The van der Waals surface area contributed by atoms with E-state index in [0.717, 1.165) is 18.0 Å². The maximum absolute atomic E-state index is 6.02. The van der Waals surface area contributed by atoms with Gasteiger partial charge in [-0.25, -0.2) is 0 Å². The lowest BCUT2D eigenvalue weighted by Crippen LogP contribution is -2.40. The van der Waals surface area contributed by atoms with E-state index in [1.165, 1.54) is 18.4 Å². The lowest BCUT2D eigenvalue weighted by atomic mass is 9.76. The molecule has 1 aromatic carbocycles. The summed E-state index contributed by atoms with van der Waals surface area (Å²) in [6.07, 6.45) is 3.13. The Bertz CT molecular complexity index is 578. The van der Waals surface area contributed by atoms with Crippen LogP contribution in [0.2, 0.25) is 5.02 Å². The quantitative estimate of drug-likeness (QED) is 0.919. The van der Waals surface area contributed by atoms with Gasteiger partial charge in [-0.05, 0) is 43.4 Å². The fraction of sp³-hybridized carbons (Fsp3) is 0.467. The molecule has 2 aromatic rings. The van der Waals surface area contributed by atoms with E-state index in [1.54, 1.807) is 0 Å². The van der Waals surface area contributed by atoms with E-state index in [1.807, 2.05) is 19.1 Å². The molecule has 5 heteroatoms.